The van der Waals surface area contributed by atoms with Gasteiger partial charge in [-0.2, -0.15) is 0 Å². The summed E-state index contributed by atoms with van der Waals surface area (Å²) in [6.45, 7) is 6.22. The van der Waals surface area contributed by atoms with E-state index in [1.165, 1.54) is 64.6 Å². The summed E-state index contributed by atoms with van der Waals surface area (Å²) in [4.78, 5) is 2.61. The molecule has 0 spiro atoms. The number of hydrogen-bond acceptors (Lipinski definition) is 2. The highest BCUT2D eigenvalue weighted by Crippen LogP contribution is 2.25. The molecule has 0 aromatic carbocycles. The molecule has 2 heteroatoms. The summed E-state index contributed by atoms with van der Waals surface area (Å²) < 4.78 is 0. The number of hydrogen-bond donors (Lipinski definition) is 1. The molecule has 1 N–H and O–H groups in total. The molecule has 2 nitrogen and oxygen atoms in total. The van der Waals surface area contributed by atoms with Crippen molar-refractivity contribution >= 4 is 0 Å². The second-order valence-electron chi connectivity index (χ2n) is 6.47. The molecular weight excluding hydrogens is 208 g/mol. The largest absolute Gasteiger partial charge is 0.314 e. The van der Waals surface area contributed by atoms with Crippen molar-refractivity contribution in [1.82, 2.24) is 10.2 Å². The van der Waals surface area contributed by atoms with E-state index in [1.807, 2.05) is 0 Å². The van der Waals surface area contributed by atoms with Crippen LogP contribution in [0.3, 0.4) is 0 Å². The van der Waals surface area contributed by atoms with E-state index in [-0.39, 0.29) is 0 Å². The molecular formula is C15H30N2. The lowest BCUT2D eigenvalue weighted by Crippen LogP contribution is -2.40. The zero-order valence-corrected chi connectivity index (χ0v) is 11.8. The average molecular weight is 238 g/mol. The van der Waals surface area contributed by atoms with Crippen LogP contribution in [0.5, 0.6) is 0 Å². The molecule has 100 valence electrons. The van der Waals surface area contributed by atoms with Crippen molar-refractivity contribution in [2.45, 2.75) is 57.9 Å². The molecule has 0 aromatic heterocycles. The van der Waals surface area contributed by atoms with Gasteiger partial charge in [-0.25, -0.2) is 0 Å². The lowest BCUT2D eigenvalue weighted by atomic mass is 9.88. The highest BCUT2D eigenvalue weighted by Gasteiger charge is 2.21. The van der Waals surface area contributed by atoms with Crippen molar-refractivity contribution in [3.63, 3.8) is 0 Å². The summed E-state index contributed by atoms with van der Waals surface area (Å²) in [6.07, 6.45) is 10.1. The van der Waals surface area contributed by atoms with Gasteiger partial charge in [-0.3, -0.25) is 0 Å². The SMILES string of the molecule is CC1CC(CN(C)CC2CCCCC2)CCN1. The fraction of sp³-hybridized carbons (Fsp3) is 1.00. The first kappa shape index (κ1) is 13.4. The lowest BCUT2D eigenvalue weighted by Gasteiger charge is -2.33. The Kier molecular flexibility index (Phi) is 5.30. The Morgan fingerprint density at radius 2 is 1.71 bits per heavy atom. The highest BCUT2D eigenvalue weighted by atomic mass is 15.1. The second kappa shape index (κ2) is 6.75. The number of nitrogens with zero attached hydrogens (tertiary/aromatic N) is 1. The van der Waals surface area contributed by atoms with E-state index >= 15 is 0 Å². The normalized spacial score (nSPS) is 31.9. The summed E-state index contributed by atoms with van der Waals surface area (Å²) >= 11 is 0. The van der Waals surface area contributed by atoms with Gasteiger partial charge in [0.15, 0.2) is 0 Å². The first-order chi connectivity index (χ1) is 8.24. The molecule has 1 saturated carbocycles. The molecule has 1 aliphatic heterocycles. The summed E-state index contributed by atoms with van der Waals surface area (Å²) in [5.41, 5.74) is 0. The Morgan fingerprint density at radius 3 is 2.41 bits per heavy atom. The molecule has 2 atom stereocenters. The zero-order chi connectivity index (χ0) is 12.1. The van der Waals surface area contributed by atoms with Gasteiger partial charge < -0.3 is 10.2 Å². The van der Waals surface area contributed by atoms with Crippen molar-refractivity contribution in [3.05, 3.63) is 0 Å². The minimum Gasteiger partial charge on any atom is -0.314 e. The maximum absolute atomic E-state index is 3.55. The van der Waals surface area contributed by atoms with Gasteiger partial charge in [0.2, 0.25) is 0 Å². The Morgan fingerprint density at radius 1 is 1.00 bits per heavy atom. The molecule has 1 saturated heterocycles. The third kappa shape index (κ3) is 4.59. The van der Waals surface area contributed by atoms with Gasteiger partial charge in [-0.05, 0) is 58.0 Å². The van der Waals surface area contributed by atoms with Crippen LogP contribution in [0.15, 0.2) is 0 Å². The van der Waals surface area contributed by atoms with Crippen LogP contribution in [-0.4, -0.2) is 37.6 Å². The van der Waals surface area contributed by atoms with Crippen LogP contribution >= 0.6 is 0 Å². The Bertz CT molecular complexity index is 211. The Hall–Kier alpha value is -0.0800. The summed E-state index contributed by atoms with van der Waals surface area (Å²) in [7, 11) is 2.33. The number of piperidine rings is 1. The zero-order valence-electron chi connectivity index (χ0n) is 11.8. The Balaban J connectivity index is 1.66. The van der Waals surface area contributed by atoms with E-state index in [2.05, 4.69) is 24.2 Å². The number of rotatable bonds is 4. The monoisotopic (exact) mass is 238 g/mol. The molecule has 17 heavy (non-hydrogen) atoms. The smallest absolute Gasteiger partial charge is 0.00418 e. The molecule has 2 fully saturated rings. The maximum Gasteiger partial charge on any atom is 0.00418 e. The molecule has 0 aromatic rings. The lowest BCUT2D eigenvalue weighted by molar-refractivity contribution is 0.181. The highest BCUT2D eigenvalue weighted by molar-refractivity contribution is 4.78. The van der Waals surface area contributed by atoms with Crippen LogP contribution in [0.1, 0.15) is 51.9 Å². The molecule has 2 unspecified atom stereocenters. The maximum atomic E-state index is 3.55. The van der Waals surface area contributed by atoms with Gasteiger partial charge >= 0.3 is 0 Å². The van der Waals surface area contributed by atoms with Crippen molar-refractivity contribution in [1.29, 1.82) is 0 Å². The molecule has 2 rings (SSSR count). The molecule has 1 heterocycles. The van der Waals surface area contributed by atoms with Crippen LogP contribution in [0, 0.1) is 11.8 Å². The van der Waals surface area contributed by atoms with Gasteiger partial charge in [-0.15, -0.1) is 0 Å². The minimum atomic E-state index is 0.733. The minimum absolute atomic E-state index is 0.733. The van der Waals surface area contributed by atoms with Gasteiger partial charge in [0.05, 0.1) is 0 Å². The van der Waals surface area contributed by atoms with Crippen molar-refractivity contribution < 1.29 is 0 Å². The fourth-order valence-corrected chi connectivity index (χ4v) is 3.73. The molecule has 0 radical (unpaired) electrons. The van der Waals surface area contributed by atoms with Crippen molar-refractivity contribution in [3.8, 4) is 0 Å². The predicted octanol–water partition coefficient (Wildman–Crippen LogP) is 2.89. The summed E-state index contributed by atoms with van der Waals surface area (Å²) in [6, 6.07) is 0.733. The topological polar surface area (TPSA) is 15.3 Å². The van der Waals surface area contributed by atoms with Crippen LogP contribution < -0.4 is 5.32 Å². The first-order valence-electron chi connectivity index (χ1n) is 7.66. The molecule has 0 amide bonds. The molecule has 1 aliphatic carbocycles. The standard InChI is InChI=1S/C15H30N2/c1-13-10-15(8-9-16-13)12-17(2)11-14-6-4-3-5-7-14/h13-16H,3-12H2,1-2H3. The summed E-state index contributed by atoms with van der Waals surface area (Å²) in [5.74, 6) is 1.92. The van der Waals surface area contributed by atoms with E-state index in [4.69, 9.17) is 0 Å². The third-order valence-electron chi connectivity index (χ3n) is 4.60. The second-order valence-corrected chi connectivity index (χ2v) is 6.47. The predicted molar refractivity (Wildman–Crippen MR) is 74.3 cm³/mol. The quantitative estimate of drug-likeness (QED) is 0.810. The van der Waals surface area contributed by atoms with Gasteiger partial charge in [0.25, 0.3) is 0 Å². The van der Waals surface area contributed by atoms with Crippen molar-refractivity contribution in [2.75, 3.05) is 26.7 Å². The van der Waals surface area contributed by atoms with Crippen LogP contribution in [0.4, 0.5) is 0 Å². The van der Waals surface area contributed by atoms with Gasteiger partial charge in [-0.1, -0.05) is 19.3 Å². The molecule has 2 aliphatic rings. The number of nitrogens with one attached hydrogen (secondary N) is 1. The van der Waals surface area contributed by atoms with Crippen LogP contribution in [0.2, 0.25) is 0 Å². The average Bonchev–Trinajstić information content (AvgIpc) is 2.30. The third-order valence-corrected chi connectivity index (χ3v) is 4.60. The Labute approximate surface area is 107 Å². The van der Waals surface area contributed by atoms with E-state index < -0.39 is 0 Å². The van der Waals surface area contributed by atoms with E-state index in [9.17, 15) is 0 Å². The fourth-order valence-electron chi connectivity index (χ4n) is 3.73. The van der Waals surface area contributed by atoms with Gasteiger partial charge in [0, 0.05) is 19.1 Å². The van der Waals surface area contributed by atoms with E-state index in [1.54, 1.807) is 0 Å². The first-order valence-corrected chi connectivity index (χ1v) is 7.66. The van der Waals surface area contributed by atoms with E-state index in [0.29, 0.717) is 0 Å². The summed E-state index contributed by atoms with van der Waals surface area (Å²) in [5, 5.41) is 3.55. The van der Waals surface area contributed by atoms with Crippen molar-refractivity contribution in [2.24, 2.45) is 11.8 Å². The van der Waals surface area contributed by atoms with E-state index in [0.717, 1.165) is 17.9 Å². The van der Waals surface area contributed by atoms with Crippen LogP contribution in [0.25, 0.3) is 0 Å². The molecule has 0 bridgehead atoms. The van der Waals surface area contributed by atoms with Gasteiger partial charge in [0.1, 0.15) is 0 Å². The van der Waals surface area contributed by atoms with Crippen LogP contribution in [-0.2, 0) is 0 Å².